The van der Waals surface area contributed by atoms with Gasteiger partial charge >= 0.3 is 0 Å². The Kier molecular flexibility index (Phi) is 4.11. The Hall–Kier alpha value is -1.69. The van der Waals surface area contributed by atoms with Gasteiger partial charge in [-0.1, -0.05) is 0 Å². The van der Waals surface area contributed by atoms with Crippen LogP contribution in [0.25, 0.3) is 0 Å². The summed E-state index contributed by atoms with van der Waals surface area (Å²) in [5, 5.41) is 3.31. The molecule has 1 amide bonds. The fourth-order valence-corrected chi connectivity index (χ4v) is 2.93. The standard InChI is InChI=1S/C14H21N5O/c20-14(12-2-1-3-15-10-12)19-8-6-18(7-9-19)13-11-16-4-5-17-13/h4-5,11-12,15H,1-3,6-10H2. The van der Waals surface area contributed by atoms with Crippen molar-refractivity contribution < 1.29 is 4.79 Å². The van der Waals surface area contributed by atoms with Gasteiger partial charge in [0.2, 0.25) is 5.91 Å². The van der Waals surface area contributed by atoms with Crippen LogP contribution in [0.4, 0.5) is 5.82 Å². The van der Waals surface area contributed by atoms with Gasteiger partial charge < -0.3 is 15.1 Å². The second-order valence-electron chi connectivity index (χ2n) is 5.42. The van der Waals surface area contributed by atoms with Gasteiger partial charge in [-0.2, -0.15) is 0 Å². The second kappa shape index (κ2) is 6.17. The first kappa shape index (κ1) is 13.3. The maximum Gasteiger partial charge on any atom is 0.227 e. The van der Waals surface area contributed by atoms with E-state index in [0.29, 0.717) is 5.91 Å². The third-order valence-electron chi connectivity index (χ3n) is 4.11. The Labute approximate surface area is 119 Å². The van der Waals surface area contributed by atoms with Crippen LogP contribution in [-0.2, 0) is 4.79 Å². The summed E-state index contributed by atoms with van der Waals surface area (Å²) in [7, 11) is 0. The van der Waals surface area contributed by atoms with E-state index in [1.54, 1.807) is 18.6 Å². The summed E-state index contributed by atoms with van der Waals surface area (Å²) in [5.41, 5.74) is 0. The molecule has 108 valence electrons. The third-order valence-corrected chi connectivity index (χ3v) is 4.11. The Morgan fingerprint density at radius 1 is 1.25 bits per heavy atom. The number of piperazine rings is 1. The van der Waals surface area contributed by atoms with Crippen molar-refractivity contribution in [3.05, 3.63) is 18.6 Å². The van der Waals surface area contributed by atoms with Gasteiger partial charge in [-0.3, -0.25) is 9.78 Å². The van der Waals surface area contributed by atoms with E-state index in [4.69, 9.17) is 0 Å². The molecule has 0 aliphatic carbocycles. The maximum atomic E-state index is 12.4. The van der Waals surface area contributed by atoms with Crippen molar-refractivity contribution in [2.75, 3.05) is 44.2 Å². The van der Waals surface area contributed by atoms with Crippen LogP contribution in [0.5, 0.6) is 0 Å². The lowest BCUT2D eigenvalue weighted by atomic mass is 9.98. The molecule has 0 spiro atoms. The van der Waals surface area contributed by atoms with E-state index in [1.165, 1.54) is 0 Å². The molecule has 2 aliphatic heterocycles. The third kappa shape index (κ3) is 2.90. The summed E-state index contributed by atoms with van der Waals surface area (Å²) in [6.07, 6.45) is 7.30. The first-order chi connectivity index (χ1) is 9.84. The zero-order chi connectivity index (χ0) is 13.8. The van der Waals surface area contributed by atoms with Crippen LogP contribution >= 0.6 is 0 Å². The molecule has 1 N–H and O–H groups in total. The van der Waals surface area contributed by atoms with Gasteiger partial charge in [0.25, 0.3) is 0 Å². The molecule has 1 aromatic rings. The summed E-state index contributed by atoms with van der Waals surface area (Å²) in [4.78, 5) is 25.0. The Morgan fingerprint density at radius 2 is 2.10 bits per heavy atom. The van der Waals surface area contributed by atoms with Crippen molar-refractivity contribution in [2.45, 2.75) is 12.8 Å². The number of carbonyl (C=O) groups is 1. The number of anilines is 1. The minimum absolute atomic E-state index is 0.173. The molecule has 2 fully saturated rings. The highest BCUT2D eigenvalue weighted by Crippen LogP contribution is 2.17. The second-order valence-corrected chi connectivity index (χ2v) is 5.42. The smallest absolute Gasteiger partial charge is 0.227 e. The van der Waals surface area contributed by atoms with Gasteiger partial charge in [-0.05, 0) is 19.4 Å². The Balaban J connectivity index is 1.54. The molecule has 2 aliphatic rings. The average Bonchev–Trinajstić information content (AvgIpc) is 2.56. The van der Waals surface area contributed by atoms with Crippen molar-refractivity contribution in [3.8, 4) is 0 Å². The van der Waals surface area contributed by atoms with Crippen LogP contribution in [0.15, 0.2) is 18.6 Å². The highest BCUT2D eigenvalue weighted by Gasteiger charge is 2.28. The van der Waals surface area contributed by atoms with Crippen molar-refractivity contribution in [2.24, 2.45) is 5.92 Å². The van der Waals surface area contributed by atoms with Crippen LogP contribution in [0.1, 0.15) is 12.8 Å². The van der Waals surface area contributed by atoms with Gasteiger partial charge in [0, 0.05) is 45.1 Å². The summed E-state index contributed by atoms with van der Waals surface area (Å²) >= 11 is 0. The Morgan fingerprint density at radius 3 is 2.75 bits per heavy atom. The number of nitrogens with one attached hydrogen (secondary N) is 1. The van der Waals surface area contributed by atoms with E-state index >= 15 is 0 Å². The Bertz CT molecular complexity index is 438. The normalized spacial score (nSPS) is 23.7. The molecule has 0 aromatic carbocycles. The molecule has 1 atom stereocenters. The van der Waals surface area contributed by atoms with Crippen molar-refractivity contribution in [1.82, 2.24) is 20.2 Å². The van der Waals surface area contributed by atoms with E-state index < -0.39 is 0 Å². The molecule has 1 aromatic heterocycles. The quantitative estimate of drug-likeness (QED) is 0.831. The van der Waals surface area contributed by atoms with Crippen molar-refractivity contribution >= 4 is 11.7 Å². The molecule has 1 unspecified atom stereocenters. The van der Waals surface area contributed by atoms with Gasteiger partial charge in [0.05, 0.1) is 12.1 Å². The van der Waals surface area contributed by atoms with E-state index in [-0.39, 0.29) is 5.92 Å². The molecule has 3 heterocycles. The number of carbonyl (C=O) groups excluding carboxylic acids is 1. The van der Waals surface area contributed by atoms with Crippen LogP contribution < -0.4 is 10.2 Å². The summed E-state index contributed by atoms with van der Waals surface area (Å²) in [6.45, 7) is 5.13. The van der Waals surface area contributed by atoms with Crippen molar-refractivity contribution in [1.29, 1.82) is 0 Å². The number of aromatic nitrogens is 2. The van der Waals surface area contributed by atoms with E-state index in [1.807, 2.05) is 4.90 Å². The number of rotatable bonds is 2. The van der Waals surface area contributed by atoms with E-state index in [9.17, 15) is 4.79 Å². The van der Waals surface area contributed by atoms with Crippen LogP contribution in [-0.4, -0.2) is 60.0 Å². The molecule has 6 nitrogen and oxygen atoms in total. The predicted octanol–water partition coefficient (Wildman–Crippen LogP) is 0.125. The number of amides is 1. The van der Waals surface area contributed by atoms with Crippen LogP contribution in [0.2, 0.25) is 0 Å². The van der Waals surface area contributed by atoms with E-state index in [0.717, 1.165) is 57.9 Å². The highest BCUT2D eigenvalue weighted by atomic mass is 16.2. The molecule has 2 saturated heterocycles. The lowest BCUT2D eigenvalue weighted by Crippen LogP contribution is -2.52. The number of hydrogen-bond acceptors (Lipinski definition) is 5. The molecule has 6 heteroatoms. The minimum Gasteiger partial charge on any atom is -0.352 e. The van der Waals surface area contributed by atoms with Gasteiger partial charge in [-0.15, -0.1) is 0 Å². The SMILES string of the molecule is O=C(C1CCCNC1)N1CCN(c2cnccn2)CC1. The first-order valence-electron chi connectivity index (χ1n) is 7.35. The zero-order valence-corrected chi connectivity index (χ0v) is 11.7. The molecule has 20 heavy (non-hydrogen) atoms. The topological polar surface area (TPSA) is 61.4 Å². The maximum absolute atomic E-state index is 12.4. The van der Waals surface area contributed by atoms with Gasteiger partial charge in [0.15, 0.2) is 0 Å². The monoisotopic (exact) mass is 275 g/mol. The van der Waals surface area contributed by atoms with E-state index in [2.05, 4.69) is 20.2 Å². The predicted molar refractivity (Wildman–Crippen MR) is 76.4 cm³/mol. The van der Waals surface area contributed by atoms with Crippen LogP contribution in [0, 0.1) is 5.92 Å². The molecule has 0 bridgehead atoms. The van der Waals surface area contributed by atoms with Gasteiger partial charge in [-0.25, -0.2) is 4.98 Å². The fourth-order valence-electron chi connectivity index (χ4n) is 2.93. The van der Waals surface area contributed by atoms with Gasteiger partial charge in [0.1, 0.15) is 5.82 Å². The largest absolute Gasteiger partial charge is 0.352 e. The zero-order valence-electron chi connectivity index (χ0n) is 11.7. The summed E-state index contributed by atoms with van der Waals surface area (Å²) < 4.78 is 0. The molecule has 0 saturated carbocycles. The molecular weight excluding hydrogens is 254 g/mol. The summed E-state index contributed by atoms with van der Waals surface area (Å²) in [5.74, 6) is 1.39. The molecule has 3 rings (SSSR count). The highest BCUT2D eigenvalue weighted by molar-refractivity contribution is 5.79. The minimum atomic E-state index is 0.173. The number of nitrogens with zero attached hydrogens (tertiary/aromatic N) is 4. The lowest BCUT2D eigenvalue weighted by molar-refractivity contribution is -0.136. The van der Waals surface area contributed by atoms with Crippen LogP contribution in [0.3, 0.4) is 0 Å². The van der Waals surface area contributed by atoms with Crippen molar-refractivity contribution in [3.63, 3.8) is 0 Å². The molecular formula is C14H21N5O. The fraction of sp³-hybridized carbons (Fsp3) is 0.643. The lowest BCUT2D eigenvalue weighted by Gasteiger charge is -2.37. The molecule has 0 radical (unpaired) electrons. The average molecular weight is 275 g/mol. The summed E-state index contributed by atoms with van der Waals surface area (Å²) in [6, 6.07) is 0. The number of piperidine rings is 1. The number of hydrogen-bond donors (Lipinski definition) is 1. The first-order valence-corrected chi connectivity index (χ1v) is 7.35.